The van der Waals surface area contributed by atoms with Crippen molar-refractivity contribution in [2.75, 3.05) is 11.1 Å². The minimum absolute atomic E-state index is 0.0924. The molecule has 0 radical (unpaired) electrons. The predicted molar refractivity (Wildman–Crippen MR) is 99.6 cm³/mol. The molecule has 1 atom stereocenters. The Morgan fingerprint density at radius 3 is 2.88 bits per heavy atom. The predicted octanol–water partition coefficient (Wildman–Crippen LogP) is 4.01. The normalized spacial score (nSPS) is 16.8. The quantitative estimate of drug-likeness (QED) is 0.714. The number of thioether (sulfide) groups is 1. The Balaban J connectivity index is 1.89. The largest absolute Gasteiger partial charge is 0.508 e. The maximum Gasteiger partial charge on any atom is 0.235 e. The molecule has 1 aliphatic rings. The number of benzene rings is 2. The number of amides is 1. The van der Waals surface area contributed by atoms with Crippen LogP contribution in [0.2, 0.25) is 5.02 Å². The maximum atomic E-state index is 12.0. The SMILES string of the molecule is O=C1CSC(c2cccc(O)c2)c2c(ncn2-c2cccc(Cl)c2)N1. The van der Waals surface area contributed by atoms with Crippen molar-refractivity contribution in [3.05, 3.63) is 71.1 Å². The number of halogens is 1. The van der Waals surface area contributed by atoms with Gasteiger partial charge in [-0.1, -0.05) is 29.8 Å². The molecule has 1 aromatic heterocycles. The van der Waals surface area contributed by atoms with Gasteiger partial charge < -0.3 is 10.4 Å². The maximum absolute atomic E-state index is 12.0. The number of anilines is 1. The number of aromatic hydroxyl groups is 1. The van der Waals surface area contributed by atoms with E-state index in [-0.39, 0.29) is 16.9 Å². The van der Waals surface area contributed by atoms with Crippen molar-refractivity contribution in [3.63, 3.8) is 0 Å². The second kappa shape index (κ2) is 6.46. The highest BCUT2D eigenvalue weighted by molar-refractivity contribution is 8.00. The van der Waals surface area contributed by atoms with Gasteiger partial charge in [0, 0.05) is 10.7 Å². The van der Waals surface area contributed by atoms with Gasteiger partial charge in [-0.15, -0.1) is 11.8 Å². The van der Waals surface area contributed by atoms with Crippen LogP contribution in [0.3, 0.4) is 0 Å². The second-order valence-corrected chi connectivity index (χ2v) is 7.19. The molecule has 2 aromatic carbocycles. The number of phenols is 1. The van der Waals surface area contributed by atoms with Gasteiger partial charge >= 0.3 is 0 Å². The van der Waals surface area contributed by atoms with E-state index in [1.807, 2.05) is 34.9 Å². The van der Waals surface area contributed by atoms with Crippen molar-refractivity contribution in [2.45, 2.75) is 5.25 Å². The summed E-state index contributed by atoms with van der Waals surface area (Å²) in [6.07, 6.45) is 1.68. The van der Waals surface area contributed by atoms with E-state index in [9.17, 15) is 9.90 Å². The summed E-state index contributed by atoms with van der Waals surface area (Å²) in [5, 5.41) is 13.2. The monoisotopic (exact) mass is 371 g/mol. The molecular weight excluding hydrogens is 358 g/mol. The van der Waals surface area contributed by atoms with Crippen LogP contribution in [0.1, 0.15) is 16.5 Å². The summed E-state index contributed by atoms with van der Waals surface area (Å²) in [6, 6.07) is 14.5. The third kappa shape index (κ3) is 3.10. The van der Waals surface area contributed by atoms with Gasteiger partial charge in [0.1, 0.15) is 12.1 Å². The highest BCUT2D eigenvalue weighted by Gasteiger charge is 2.29. The highest BCUT2D eigenvalue weighted by Crippen LogP contribution is 2.42. The summed E-state index contributed by atoms with van der Waals surface area (Å²) in [4.78, 5) is 16.4. The van der Waals surface area contributed by atoms with Gasteiger partial charge in [-0.05, 0) is 35.9 Å². The minimum Gasteiger partial charge on any atom is -0.508 e. The molecule has 126 valence electrons. The highest BCUT2D eigenvalue weighted by atomic mass is 35.5. The molecule has 1 unspecified atom stereocenters. The fraction of sp³-hybridized carbons (Fsp3) is 0.111. The fourth-order valence-corrected chi connectivity index (χ4v) is 4.18. The Hall–Kier alpha value is -2.44. The Labute approximate surface area is 153 Å². The van der Waals surface area contributed by atoms with E-state index in [1.165, 1.54) is 11.8 Å². The first-order chi connectivity index (χ1) is 12.1. The number of rotatable bonds is 2. The summed E-state index contributed by atoms with van der Waals surface area (Å²) in [5.41, 5.74) is 2.62. The molecule has 2 N–H and O–H groups in total. The Kier molecular flexibility index (Phi) is 4.15. The van der Waals surface area contributed by atoms with Crippen LogP contribution < -0.4 is 5.32 Å². The lowest BCUT2D eigenvalue weighted by Gasteiger charge is -2.18. The van der Waals surface area contributed by atoms with Crippen LogP contribution in [0.4, 0.5) is 5.82 Å². The van der Waals surface area contributed by atoms with Crippen molar-refractivity contribution >= 4 is 35.1 Å². The molecule has 0 saturated carbocycles. The van der Waals surface area contributed by atoms with E-state index < -0.39 is 0 Å². The molecular formula is C18H14ClN3O2S. The molecule has 0 spiro atoms. The van der Waals surface area contributed by atoms with E-state index in [4.69, 9.17) is 11.6 Å². The van der Waals surface area contributed by atoms with E-state index in [1.54, 1.807) is 24.5 Å². The molecule has 0 bridgehead atoms. The number of aromatic nitrogens is 2. The molecule has 1 amide bonds. The van der Waals surface area contributed by atoms with Gasteiger partial charge in [0.05, 0.1) is 16.7 Å². The van der Waals surface area contributed by atoms with Gasteiger partial charge in [-0.2, -0.15) is 0 Å². The molecule has 25 heavy (non-hydrogen) atoms. The Bertz CT molecular complexity index is 957. The number of imidazole rings is 1. The first kappa shape index (κ1) is 16.1. The van der Waals surface area contributed by atoms with E-state index >= 15 is 0 Å². The number of fused-ring (bicyclic) bond motifs is 1. The van der Waals surface area contributed by atoms with Crippen molar-refractivity contribution < 1.29 is 9.90 Å². The lowest BCUT2D eigenvalue weighted by atomic mass is 10.1. The zero-order chi connectivity index (χ0) is 17.4. The fourth-order valence-electron chi connectivity index (χ4n) is 2.88. The minimum atomic E-state index is -0.150. The summed E-state index contributed by atoms with van der Waals surface area (Å²) in [6.45, 7) is 0. The number of carbonyl (C=O) groups excluding carboxylic acids is 1. The van der Waals surface area contributed by atoms with Crippen molar-refractivity contribution in [1.82, 2.24) is 9.55 Å². The van der Waals surface area contributed by atoms with E-state index in [0.29, 0.717) is 16.6 Å². The van der Waals surface area contributed by atoms with Gasteiger partial charge in [-0.25, -0.2) is 4.98 Å². The molecule has 2 heterocycles. The third-order valence-electron chi connectivity index (χ3n) is 3.95. The van der Waals surface area contributed by atoms with Gasteiger partial charge in [0.2, 0.25) is 5.91 Å². The molecule has 7 heteroatoms. The number of phenolic OH excluding ortho intramolecular Hbond substituents is 1. The zero-order valence-electron chi connectivity index (χ0n) is 13.0. The summed E-state index contributed by atoms with van der Waals surface area (Å²) in [7, 11) is 0. The average molecular weight is 372 g/mol. The Morgan fingerprint density at radius 1 is 1.24 bits per heavy atom. The van der Waals surface area contributed by atoms with Crippen LogP contribution in [0, 0.1) is 0 Å². The smallest absolute Gasteiger partial charge is 0.235 e. The number of hydrogen-bond donors (Lipinski definition) is 2. The second-order valence-electron chi connectivity index (χ2n) is 5.66. The molecule has 4 rings (SSSR count). The van der Waals surface area contributed by atoms with Crippen LogP contribution in [0.25, 0.3) is 5.69 Å². The molecule has 5 nitrogen and oxygen atoms in total. The number of nitrogens with zero attached hydrogens (tertiary/aromatic N) is 2. The van der Waals surface area contributed by atoms with Crippen LogP contribution >= 0.6 is 23.4 Å². The first-order valence-corrected chi connectivity index (χ1v) is 9.08. The molecule has 0 fully saturated rings. The van der Waals surface area contributed by atoms with E-state index in [0.717, 1.165) is 16.9 Å². The third-order valence-corrected chi connectivity index (χ3v) is 5.44. The summed E-state index contributed by atoms with van der Waals surface area (Å²) < 4.78 is 1.93. The zero-order valence-corrected chi connectivity index (χ0v) is 14.6. The molecule has 1 aliphatic heterocycles. The van der Waals surface area contributed by atoms with E-state index in [2.05, 4.69) is 10.3 Å². The van der Waals surface area contributed by atoms with Gasteiger partial charge in [0.25, 0.3) is 0 Å². The van der Waals surface area contributed by atoms with Crippen molar-refractivity contribution in [2.24, 2.45) is 0 Å². The Morgan fingerprint density at radius 2 is 2.08 bits per heavy atom. The first-order valence-electron chi connectivity index (χ1n) is 7.65. The van der Waals surface area contributed by atoms with Crippen LogP contribution in [0.15, 0.2) is 54.9 Å². The standard InChI is InChI=1S/C18H14ClN3O2S/c19-12-4-2-5-13(8-12)22-10-20-18-16(22)17(25-9-15(24)21-18)11-3-1-6-14(23)7-11/h1-8,10,17,23H,9H2,(H,21,24). The average Bonchev–Trinajstić information content (AvgIpc) is 2.91. The molecule has 0 saturated heterocycles. The number of carbonyl (C=O) groups is 1. The lowest BCUT2D eigenvalue weighted by Crippen LogP contribution is -2.12. The van der Waals surface area contributed by atoms with Crippen LogP contribution in [-0.4, -0.2) is 26.3 Å². The van der Waals surface area contributed by atoms with Crippen molar-refractivity contribution in [1.29, 1.82) is 0 Å². The topological polar surface area (TPSA) is 67.1 Å². The summed E-state index contributed by atoms with van der Waals surface area (Å²) in [5.74, 6) is 0.942. The van der Waals surface area contributed by atoms with Gasteiger partial charge in [-0.3, -0.25) is 9.36 Å². The lowest BCUT2D eigenvalue weighted by molar-refractivity contribution is -0.113. The van der Waals surface area contributed by atoms with Crippen LogP contribution in [0.5, 0.6) is 5.75 Å². The molecule has 3 aromatic rings. The number of nitrogens with one attached hydrogen (secondary N) is 1. The number of hydrogen-bond acceptors (Lipinski definition) is 4. The van der Waals surface area contributed by atoms with Crippen molar-refractivity contribution in [3.8, 4) is 11.4 Å². The van der Waals surface area contributed by atoms with Gasteiger partial charge in [0.15, 0.2) is 5.82 Å². The molecule has 0 aliphatic carbocycles. The van der Waals surface area contributed by atoms with Crippen LogP contribution in [-0.2, 0) is 4.79 Å². The summed E-state index contributed by atoms with van der Waals surface area (Å²) >= 11 is 7.63.